The van der Waals surface area contributed by atoms with Crippen LogP contribution in [0.2, 0.25) is 5.02 Å². The third-order valence-corrected chi connectivity index (χ3v) is 6.90. The minimum atomic E-state index is -2.23. The zero-order valence-electron chi connectivity index (χ0n) is 19.3. The predicted molar refractivity (Wildman–Crippen MR) is 139 cm³/mol. The normalized spacial score (nSPS) is 15.6. The summed E-state index contributed by atoms with van der Waals surface area (Å²) >= 11 is 4.15. The monoisotopic (exact) mass is 498 g/mol. The van der Waals surface area contributed by atoms with E-state index in [9.17, 15) is 8.76 Å². The summed E-state index contributed by atoms with van der Waals surface area (Å²) in [7, 11) is 1.62. The molecule has 0 bridgehead atoms. The summed E-state index contributed by atoms with van der Waals surface area (Å²) in [5.41, 5.74) is 5.60. The summed E-state index contributed by atoms with van der Waals surface area (Å²) in [6.45, 7) is 5.65. The number of benzene rings is 3. The average molecular weight is 499 g/mol. The Bertz CT molecular complexity index is 1150. The van der Waals surface area contributed by atoms with Crippen molar-refractivity contribution < 1.29 is 13.5 Å². The molecule has 1 aliphatic heterocycles. The highest BCUT2D eigenvalue weighted by molar-refractivity contribution is 7.78. The Morgan fingerprint density at radius 1 is 1.15 bits per heavy atom. The smallest absolute Gasteiger partial charge is 0.120 e. The fourth-order valence-corrected chi connectivity index (χ4v) is 5.08. The molecule has 3 aromatic rings. The molecule has 1 heterocycles. The maximum absolute atomic E-state index is 11.8. The van der Waals surface area contributed by atoms with E-state index in [4.69, 9.17) is 16.3 Å². The van der Waals surface area contributed by atoms with E-state index in [0.717, 1.165) is 59.9 Å². The SMILES string of the molecule is COc1cc(Cl)cc(C(C)c2cc(CS(=O)[O-])c(Nc3ccccc3)cc2N2CCNCC2)c1. The van der Waals surface area contributed by atoms with Crippen LogP contribution in [-0.4, -0.2) is 42.1 Å². The van der Waals surface area contributed by atoms with Gasteiger partial charge in [0.25, 0.3) is 0 Å². The summed E-state index contributed by atoms with van der Waals surface area (Å²) in [5, 5.41) is 7.45. The minimum Gasteiger partial charge on any atom is -0.772 e. The van der Waals surface area contributed by atoms with Crippen molar-refractivity contribution in [2.24, 2.45) is 0 Å². The number of piperazine rings is 1. The number of nitrogens with zero attached hydrogens (tertiary/aromatic N) is 1. The maximum Gasteiger partial charge on any atom is 0.120 e. The standard InChI is InChI=1S/C26H30ClN3O3S/c1-18(19-12-21(27)15-23(13-19)33-2)24-14-20(17-34(31)32)25(29-22-6-4-3-5-7-22)16-26(24)30-10-8-28-9-11-30/h3-7,12-16,18,28-29H,8-11,17H2,1-2H3,(H,31,32)/p-1. The molecular formula is C26H29ClN3O3S-. The number of halogens is 1. The quantitative estimate of drug-likeness (QED) is 0.424. The molecule has 0 radical (unpaired) electrons. The second-order valence-electron chi connectivity index (χ2n) is 8.39. The molecule has 6 nitrogen and oxygen atoms in total. The van der Waals surface area contributed by atoms with Crippen molar-refractivity contribution in [1.29, 1.82) is 0 Å². The third-order valence-electron chi connectivity index (χ3n) is 6.13. The molecule has 8 heteroatoms. The van der Waals surface area contributed by atoms with Crippen molar-refractivity contribution in [1.82, 2.24) is 5.32 Å². The predicted octanol–water partition coefficient (Wildman–Crippen LogP) is 5.03. The number of rotatable bonds is 8. The van der Waals surface area contributed by atoms with Crippen LogP contribution in [0.15, 0.2) is 60.7 Å². The molecule has 0 saturated carbocycles. The van der Waals surface area contributed by atoms with Crippen molar-refractivity contribution in [3.05, 3.63) is 82.4 Å². The Morgan fingerprint density at radius 3 is 2.56 bits per heavy atom. The van der Waals surface area contributed by atoms with Gasteiger partial charge in [-0.2, -0.15) is 0 Å². The van der Waals surface area contributed by atoms with Crippen LogP contribution in [0.25, 0.3) is 0 Å². The lowest BCUT2D eigenvalue weighted by Gasteiger charge is -2.34. The summed E-state index contributed by atoms with van der Waals surface area (Å²) in [5.74, 6) is 0.596. The number of ether oxygens (including phenoxy) is 1. The molecule has 180 valence electrons. The van der Waals surface area contributed by atoms with Gasteiger partial charge >= 0.3 is 0 Å². The van der Waals surface area contributed by atoms with Crippen molar-refractivity contribution in [2.75, 3.05) is 43.5 Å². The van der Waals surface area contributed by atoms with E-state index in [1.54, 1.807) is 13.2 Å². The van der Waals surface area contributed by atoms with Gasteiger partial charge in [0.1, 0.15) is 5.75 Å². The molecule has 1 saturated heterocycles. The Balaban J connectivity index is 1.84. The third kappa shape index (κ3) is 5.91. The zero-order valence-corrected chi connectivity index (χ0v) is 20.9. The minimum absolute atomic E-state index is 0.0258. The second-order valence-corrected chi connectivity index (χ2v) is 9.72. The number of methoxy groups -OCH3 is 1. The number of nitrogens with one attached hydrogen (secondary N) is 2. The molecule has 0 amide bonds. The highest BCUT2D eigenvalue weighted by Gasteiger charge is 2.22. The van der Waals surface area contributed by atoms with Gasteiger partial charge in [0.2, 0.25) is 0 Å². The molecule has 2 atom stereocenters. The van der Waals surface area contributed by atoms with Gasteiger partial charge < -0.3 is 24.8 Å². The summed E-state index contributed by atoms with van der Waals surface area (Å²) in [6.07, 6.45) is 0. The zero-order chi connectivity index (χ0) is 24.1. The lowest BCUT2D eigenvalue weighted by Crippen LogP contribution is -2.44. The fraction of sp³-hybridized carbons (Fsp3) is 0.308. The lowest BCUT2D eigenvalue weighted by atomic mass is 9.89. The number of hydrogen-bond acceptors (Lipinski definition) is 6. The topological polar surface area (TPSA) is 76.7 Å². The summed E-state index contributed by atoms with van der Waals surface area (Å²) < 4.78 is 29.0. The van der Waals surface area contributed by atoms with E-state index in [1.165, 1.54) is 0 Å². The van der Waals surface area contributed by atoms with Crippen molar-refractivity contribution in [3.63, 3.8) is 0 Å². The molecule has 1 aliphatic rings. The average Bonchev–Trinajstić information content (AvgIpc) is 2.84. The summed E-state index contributed by atoms with van der Waals surface area (Å²) in [4.78, 5) is 2.36. The Labute approximate surface area is 208 Å². The van der Waals surface area contributed by atoms with Crippen LogP contribution in [0.4, 0.5) is 17.1 Å². The number of hydrogen-bond donors (Lipinski definition) is 2. The van der Waals surface area contributed by atoms with Gasteiger partial charge in [0.05, 0.1) is 7.11 Å². The van der Waals surface area contributed by atoms with Gasteiger partial charge in [-0.15, -0.1) is 0 Å². The molecule has 0 spiro atoms. The molecule has 1 fully saturated rings. The van der Waals surface area contributed by atoms with Crippen LogP contribution in [0.5, 0.6) is 5.75 Å². The highest BCUT2D eigenvalue weighted by Crippen LogP contribution is 2.39. The van der Waals surface area contributed by atoms with Gasteiger partial charge in [0.15, 0.2) is 0 Å². The lowest BCUT2D eigenvalue weighted by molar-refractivity contribution is 0.414. The number of anilines is 3. The Morgan fingerprint density at radius 2 is 1.88 bits per heavy atom. The molecule has 34 heavy (non-hydrogen) atoms. The summed E-state index contributed by atoms with van der Waals surface area (Å²) in [6, 6.07) is 19.6. The van der Waals surface area contributed by atoms with Crippen molar-refractivity contribution >= 4 is 39.7 Å². The molecule has 4 rings (SSSR count). The molecule has 3 aromatic carbocycles. The van der Waals surface area contributed by atoms with Crippen molar-refractivity contribution in [2.45, 2.75) is 18.6 Å². The maximum atomic E-state index is 11.8. The van der Waals surface area contributed by atoms with Gasteiger partial charge in [-0.3, -0.25) is 4.21 Å². The van der Waals surface area contributed by atoms with Crippen LogP contribution in [-0.2, 0) is 16.8 Å². The molecule has 0 aromatic heterocycles. The van der Waals surface area contributed by atoms with Gasteiger partial charge in [-0.05, 0) is 53.1 Å². The first kappa shape index (κ1) is 24.5. The van der Waals surface area contributed by atoms with Gasteiger partial charge in [0, 0.05) is 59.9 Å². The Hall–Kier alpha value is -2.58. The molecule has 2 unspecified atom stereocenters. The molecular weight excluding hydrogens is 470 g/mol. The van der Waals surface area contributed by atoms with Crippen LogP contribution in [0.1, 0.15) is 29.5 Å². The fourth-order valence-electron chi connectivity index (χ4n) is 4.35. The van der Waals surface area contributed by atoms with E-state index in [-0.39, 0.29) is 11.7 Å². The van der Waals surface area contributed by atoms with E-state index < -0.39 is 11.1 Å². The van der Waals surface area contributed by atoms with E-state index in [0.29, 0.717) is 10.8 Å². The van der Waals surface area contributed by atoms with Crippen LogP contribution < -0.4 is 20.3 Å². The Kier molecular flexibility index (Phi) is 8.11. The van der Waals surface area contributed by atoms with Crippen molar-refractivity contribution in [3.8, 4) is 5.75 Å². The van der Waals surface area contributed by atoms with Gasteiger partial charge in [-0.25, -0.2) is 0 Å². The van der Waals surface area contributed by atoms with E-state index in [1.807, 2.05) is 48.5 Å². The van der Waals surface area contributed by atoms with Crippen LogP contribution >= 0.6 is 11.6 Å². The number of para-hydroxylation sites is 1. The second kappa shape index (κ2) is 11.2. The van der Waals surface area contributed by atoms with Crippen LogP contribution in [0, 0.1) is 0 Å². The molecule has 2 N–H and O–H groups in total. The van der Waals surface area contributed by atoms with Gasteiger partial charge in [-0.1, -0.05) is 53.9 Å². The van der Waals surface area contributed by atoms with E-state index >= 15 is 0 Å². The largest absolute Gasteiger partial charge is 0.772 e. The van der Waals surface area contributed by atoms with Crippen LogP contribution in [0.3, 0.4) is 0 Å². The van der Waals surface area contributed by atoms with E-state index in [2.05, 4.69) is 28.5 Å². The first-order chi connectivity index (χ1) is 16.4. The highest BCUT2D eigenvalue weighted by atomic mass is 35.5. The first-order valence-electron chi connectivity index (χ1n) is 11.3. The molecule has 0 aliphatic carbocycles. The first-order valence-corrected chi connectivity index (χ1v) is 12.9.